The summed E-state index contributed by atoms with van der Waals surface area (Å²) in [4.78, 5) is 25.6. The van der Waals surface area contributed by atoms with E-state index in [1.165, 1.54) is 0 Å². The summed E-state index contributed by atoms with van der Waals surface area (Å²) in [5.74, 6) is -0.361. The Kier molecular flexibility index (Phi) is 8.98. The fourth-order valence-corrected chi connectivity index (χ4v) is 2.44. The van der Waals surface area contributed by atoms with Crippen LogP contribution in [0, 0.1) is 0 Å². The van der Waals surface area contributed by atoms with E-state index in [4.69, 9.17) is 4.74 Å². The number of carbonyl (C=O) groups is 2. The minimum atomic E-state index is -0.318. The predicted molar refractivity (Wildman–Crippen MR) is 88.9 cm³/mol. The maximum absolute atomic E-state index is 12.5. The van der Waals surface area contributed by atoms with Crippen LogP contribution in [0.4, 0.5) is 0 Å². The lowest BCUT2D eigenvalue weighted by molar-refractivity contribution is -0.144. The van der Waals surface area contributed by atoms with Gasteiger partial charge in [-0.3, -0.25) is 9.59 Å². The van der Waals surface area contributed by atoms with Crippen molar-refractivity contribution in [1.29, 1.82) is 0 Å². The van der Waals surface area contributed by atoms with Gasteiger partial charge in [0.15, 0.2) is 0 Å². The van der Waals surface area contributed by atoms with Crippen LogP contribution in [-0.2, 0) is 20.7 Å². The molecule has 0 saturated heterocycles. The molecular weight excluding hydrogens is 294 g/mol. The van der Waals surface area contributed by atoms with Crippen LogP contribution < -0.4 is 0 Å². The molecule has 128 valence electrons. The lowest BCUT2D eigenvalue weighted by Gasteiger charge is -2.30. The number of rotatable bonds is 10. The Morgan fingerprint density at radius 3 is 2.43 bits per heavy atom. The van der Waals surface area contributed by atoms with E-state index in [1.807, 2.05) is 37.3 Å². The number of amides is 1. The molecule has 0 fully saturated rings. The molecule has 1 unspecified atom stereocenters. The standard InChI is InChI=1S/C18H27NO4/c1-3-16(14-20)19(13-12-18(22)23-4-2)17(21)11-10-15-8-6-5-7-9-15/h5-9,16,20H,3-4,10-14H2,1-2H3. The van der Waals surface area contributed by atoms with Crippen molar-refractivity contribution in [3.8, 4) is 0 Å². The molecule has 0 aliphatic heterocycles. The second-order valence-corrected chi connectivity index (χ2v) is 5.37. The third-order valence-electron chi connectivity index (χ3n) is 3.78. The number of ether oxygens (including phenoxy) is 1. The van der Waals surface area contributed by atoms with Gasteiger partial charge >= 0.3 is 5.97 Å². The van der Waals surface area contributed by atoms with Gasteiger partial charge in [0.2, 0.25) is 5.91 Å². The van der Waals surface area contributed by atoms with Crippen LogP contribution in [0.2, 0.25) is 0 Å². The summed E-state index contributed by atoms with van der Waals surface area (Å²) >= 11 is 0. The smallest absolute Gasteiger partial charge is 0.307 e. The molecule has 0 bridgehead atoms. The number of aryl methyl sites for hydroxylation is 1. The molecule has 1 aromatic rings. The summed E-state index contributed by atoms with van der Waals surface area (Å²) in [6.07, 6.45) is 1.82. The topological polar surface area (TPSA) is 66.8 Å². The van der Waals surface area contributed by atoms with Crippen LogP contribution >= 0.6 is 0 Å². The van der Waals surface area contributed by atoms with Crippen molar-refractivity contribution in [2.45, 2.75) is 45.6 Å². The summed E-state index contributed by atoms with van der Waals surface area (Å²) in [7, 11) is 0. The number of nitrogens with zero attached hydrogens (tertiary/aromatic N) is 1. The molecule has 0 saturated carbocycles. The minimum Gasteiger partial charge on any atom is -0.466 e. The van der Waals surface area contributed by atoms with Crippen LogP contribution in [0.3, 0.4) is 0 Å². The fourth-order valence-electron chi connectivity index (χ4n) is 2.44. The summed E-state index contributed by atoms with van der Waals surface area (Å²) in [6.45, 7) is 4.19. The Morgan fingerprint density at radius 2 is 1.87 bits per heavy atom. The molecule has 0 spiro atoms. The van der Waals surface area contributed by atoms with Gasteiger partial charge in [-0.2, -0.15) is 0 Å². The third-order valence-corrected chi connectivity index (χ3v) is 3.78. The molecule has 0 aliphatic carbocycles. The molecule has 0 heterocycles. The van der Waals surface area contributed by atoms with Gasteiger partial charge in [0, 0.05) is 13.0 Å². The number of aliphatic hydroxyl groups excluding tert-OH is 1. The van der Waals surface area contributed by atoms with Crippen molar-refractivity contribution in [2.24, 2.45) is 0 Å². The van der Waals surface area contributed by atoms with Crippen molar-refractivity contribution in [3.05, 3.63) is 35.9 Å². The van der Waals surface area contributed by atoms with Crippen LogP contribution in [0.15, 0.2) is 30.3 Å². The molecule has 1 atom stereocenters. The van der Waals surface area contributed by atoms with E-state index in [0.717, 1.165) is 5.56 Å². The normalized spacial score (nSPS) is 11.8. The molecule has 1 amide bonds. The van der Waals surface area contributed by atoms with Gasteiger partial charge in [0.05, 0.1) is 25.7 Å². The lowest BCUT2D eigenvalue weighted by Crippen LogP contribution is -2.43. The highest BCUT2D eigenvalue weighted by Crippen LogP contribution is 2.11. The molecule has 1 N–H and O–H groups in total. The molecule has 0 aromatic heterocycles. The van der Waals surface area contributed by atoms with Crippen molar-refractivity contribution in [1.82, 2.24) is 4.90 Å². The first-order chi connectivity index (χ1) is 11.1. The first-order valence-corrected chi connectivity index (χ1v) is 8.22. The van der Waals surface area contributed by atoms with Gasteiger partial charge in [-0.05, 0) is 25.3 Å². The van der Waals surface area contributed by atoms with Crippen molar-refractivity contribution < 1.29 is 19.4 Å². The SMILES string of the molecule is CCOC(=O)CCN(C(=O)CCc1ccccc1)C(CC)CO. The zero-order chi connectivity index (χ0) is 17.1. The minimum absolute atomic E-state index is 0.0425. The molecule has 1 aromatic carbocycles. The predicted octanol–water partition coefficient (Wildman–Crippen LogP) is 2.17. The molecule has 23 heavy (non-hydrogen) atoms. The molecule has 1 rings (SSSR count). The maximum atomic E-state index is 12.5. The second kappa shape index (κ2) is 10.8. The van der Waals surface area contributed by atoms with Crippen LogP contribution in [-0.4, -0.2) is 47.7 Å². The first-order valence-electron chi connectivity index (χ1n) is 8.22. The Hall–Kier alpha value is -1.88. The summed E-state index contributed by atoms with van der Waals surface area (Å²) in [5.41, 5.74) is 1.10. The van der Waals surface area contributed by atoms with Crippen LogP contribution in [0.1, 0.15) is 38.7 Å². The van der Waals surface area contributed by atoms with Crippen LogP contribution in [0.25, 0.3) is 0 Å². The van der Waals surface area contributed by atoms with Gasteiger partial charge in [0.25, 0.3) is 0 Å². The molecule has 0 radical (unpaired) electrons. The van der Waals surface area contributed by atoms with E-state index in [0.29, 0.717) is 25.9 Å². The number of aliphatic hydroxyl groups is 1. The highest BCUT2D eigenvalue weighted by Gasteiger charge is 2.22. The number of carbonyl (C=O) groups excluding carboxylic acids is 2. The highest BCUT2D eigenvalue weighted by atomic mass is 16.5. The Bertz CT molecular complexity index is 471. The third kappa shape index (κ3) is 6.82. The Morgan fingerprint density at radius 1 is 1.17 bits per heavy atom. The van der Waals surface area contributed by atoms with Crippen molar-refractivity contribution in [2.75, 3.05) is 19.8 Å². The van der Waals surface area contributed by atoms with E-state index >= 15 is 0 Å². The zero-order valence-electron chi connectivity index (χ0n) is 14.0. The Balaban J connectivity index is 2.62. The van der Waals surface area contributed by atoms with Crippen LogP contribution in [0.5, 0.6) is 0 Å². The Labute approximate surface area is 138 Å². The van der Waals surface area contributed by atoms with E-state index in [-0.39, 0.29) is 37.5 Å². The first kappa shape index (κ1) is 19.2. The van der Waals surface area contributed by atoms with E-state index in [1.54, 1.807) is 11.8 Å². The summed E-state index contributed by atoms with van der Waals surface area (Å²) in [5, 5.41) is 9.49. The van der Waals surface area contributed by atoms with E-state index < -0.39 is 0 Å². The lowest BCUT2D eigenvalue weighted by atomic mass is 10.1. The second-order valence-electron chi connectivity index (χ2n) is 5.37. The highest BCUT2D eigenvalue weighted by molar-refractivity contribution is 5.78. The van der Waals surface area contributed by atoms with Gasteiger partial charge in [0.1, 0.15) is 0 Å². The monoisotopic (exact) mass is 321 g/mol. The number of esters is 1. The van der Waals surface area contributed by atoms with Gasteiger partial charge < -0.3 is 14.7 Å². The zero-order valence-corrected chi connectivity index (χ0v) is 14.0. The average Bonchev–Trinajstić information content (AvgIpc) is 2.57. The van der Waals surface area contributed by atoms with Crippen molar-refractivity contribution in [3.63, 3.8) is 0 Å². The van der Waals surface area contributed by atoms with E-state index in [9.17, 15) is 14.7 Å². The van der Waals surface area contributed by atoms with E-state index in [2.05, 4.69) is 0 Å². The summed E-state index contributed by atoms with van der Waals surface area (Å²) < 4.78 is 4.91. The summed E-state index contributed by atoms with van der Waals surface area (Å²) in [6, 6.07) is 9.55. The number of hydrogen-bond donors (Lipinski definition) is 1. The molecular formula is C18H27NO4. The molecule has 5 nitrogen and oxygen atoms in total. The molecule has 5 heteroatoms. The quantitative estimate of drug-likeness (QED) is 0.671. The maximum Gasteiger partial charge on any atom is 0.307 e. The van der Waals surface area contributed by atoms with Crippen molar-refractivity contribution >= 4 is 11.9 Å². The van der Waals surface area contributed by atoms with Gasteiger partial charge in [-0.15, -0.1) is 0 Å². The number of benzene rings is 1. The van der Waals surface area contributed by atoms with Gasteiger partial charge in [-0.25, -0.2) is 0 Å². The number of hydrogen-bond acceptors (Lipinski definition) is 4. The molecule has 0 aliphatic rings. The average molecular weight is 321 g/mol. The van der Waals surface area contributed by atoms with Gasteiger partial charge in [-0.1, -0.05) is 37.3 Å². The fraction of sp³-hybridized carbons (Fsp3) is 0.556. The largest absolute Gasteiger partial charge is 0.466 e.